The molecule has 2 aliphatic rings. The Bertz CT molecular complexity index is 867. The lowest BCUT2D eigenvalue weighted by molar-refractivity contribution is -0.231. The van der Waals surface area contributed by atoms with Crippen LogP contribution in [0.2, 0.25) is 5.02 Å². The topological polar surface area (TPSA) is 109 Å². The van der Waals surface area contributed by atoms with Crippen molar-refractivity contribution in [2.24, 2.45) is 0 Å². The first-order chi connectivity index (χ1) is 15.0. The van der Waals surface area contributed by atoms with Crippen molar-refractivity contribution < 1.29 is 34.6 Å². The second kappa shape index (κ2) is 9.83. The van der Waals surface area contributed by atoms with Crippen LogP contribution in [0.3, 0.4) is 0 Å². The average molecular weight is 451 g/mol. The molecule has 0 saturated carbocycles. The smallest absolute Gasteiger partial charge is 0.124 e. The van der Waals surface area contributed by atoms with Gasteiger partial charge in [0.2, 0.25) is 0 Å². The van der Waals surface area contributed by atoms with Crippen molar-refractivity contribution in [2.45, 2.75) is 49.5 Å². The van der Waals surface area contributed by atoms with Gasteiger partial charge in [-0.2, -0.15) is 0 Å². The molecule has 2 heterocycles. The van der Waals surface area contributed by atoms with Gasteiger partial charge in [-0.25, -0.2) is 0 Å². The van der Waals surface area contributed by atoms with Crippen LogP contribution >= 0.6 is 11.6 Å². The predicted octanol–water partition coefficient (Wildman–Crippen LogP) is 1.61. The maximum atomic E-state index is 10.4. The summed E-state index contributed by atoms with van der Waals surface area (Å²) in [5.41, 5.74) is 2.47. The van der Waals surface area contributed by atoms with Crippen LogP contribution in [-0.2, 0) is 15.9 Å². The van der Waals surface area contributed by atoms with Gasteiger partial charge in [0.15, 0.2) is 0 Å². The molecule has 1 unspecified atom stereocenters. The van der Waals surface area contributed by atoms with Crippen molar-refractivity contribution in [3.63, 3.8) is 0 Å². The SMILES string of the molecule is OC[C@H]1O[C@@H](c2ccc(Cl)c(Cc3ccc(OC4CCOC4)cc3)c2)[C@@H](O)[C@@H](O)[C@@H]1O. The van der Waals surface area contributed by atoms with E-state index in [4.69, 9.17) is 25.8 Å². The number of aliphatic hydroxyl groups excluding tert-OH is 4. The molecule has 4 N–H and O–H groups in total. The largest absolute Gasteiger partial charge is 0.488 e. The third-order valence-corrected chi connectivity index (χ3v) is 6.17. The number of aliphatic hydroxyl groups is 4. The fourth-order valence-corrected chi connectivity index (χ4v) is 4.17. The molecular formula is C23H27ClO7. The number of hydrogen-bond donors (Lipinski definition) is 4. The van der Waals surface area contributed by atoms with Crippen LogP contribution in [0.4, 0.5) is 0 Å². The van der Waals surface area contributed by atoms with E-state index in [2.05, 4.69) is 0 Å². The number of halogens is 1. The standard InChI is InChI=1S/C23H27ClO7/c24-18-6-3-14(23-22(28)21(27)20(26)19(11-25)31-23)10-15(18)9-13-1-4-16(5-2-13)30-17-7-8-29-12-17/h1-6,10,17,19-23,25-28H,7-9,11-12H2/t17?,19-,20-,21+,22+,23+/m1/s1. The molecule has 2 aliphatic heterocycles. The summed E-state index contributed by atoms with van der Waals surface area (Å²) in [6, 6.07) is 13.0. The lowest BCUT2D eigenvalue weighted by atomic mass is 9.90. The molecule has 168 valence electrons. The van der Waals surface area contributed by atoms with Crippen molar-refractivity contribution in [3.8, 4) is 5.75 Å². The molecule has 7 nitrogen and oxygen atoms in total. The van der Waals surface area contributed by atoms with Crippen LogP contribution in [0.1, 0.15) is 29.2 Å². The molecule has 8 heteroatoms. The number of hydrogen-bond acceptors (Lipinski definition) is 7. The summed E-state index contributed by atoms with van der Waals surface area (Å²) < 4.78 is 16.9. The second-order valence-corrected chi connectivity index (χ2v) is 8.43. The number of rotatable bonds is 6. The van der Waals surface area contributed by atoms with Gasteiger partial charge >= 0.3 is 0 Å². The molecule has 0 radical (unpaired) electrons. The van der Waals surface area contributed by atoms with E-state index < -0.39 is 37.1 Å². The van der Waals surface area contributed by atoms with Crippen molar-refractivity contribution in [3.05, 3.63) is 64.2 Å². The van der Waals surface area contributed by atoms with Crippen molar-refractivity contribution in [1.29, 1.82) is 0 Å². The quantitative estimate of drug-likeness (QED) is 0.529. The summed E-state index contributed by atoms with van der Waals surface area (Å²) in [4.78, 5) is 0. The molecule has 2 aromatic carbocycles. The maximum absolute atomic E-state index is 10.4. The summed E-state index contributed by atoms with van der Waals surface area (Å²) in [7, 11) is 0. The molecule has 0 aromatic heterocycles. The van der Waals surface area contributed by atoms with Crippen LogP contribution < -0.4 is 4.74 Å². The molecule has 0 spiro atoms. The lowest BCUT2D eigenvalue weighted by Gasteiger charge is -2.40. The Morgan fingerprint density at radius 1 is 1.00 bits per heavy atom. The Kier molecular flexibility index (Phi) is 7.13. The first kappa shape index (κ1) is 22.5. The lowest BCUT2D eigenvalue weighted by Crippen LogP contribution is -2.55. The number of benzene rings is 2. The number of ether oxygens (including phenoxy) is 3. The van der Waals surface area contributed by atoms with Crippen LogP contribution in [0.15, 0.2) is 42.5 Å². The molecular weight excluding hydrogens is 424 g/mol. The van der Waals surface area contributed by atoms with E-state index in [0.717, 1.165) is 29.9 Å². The Balaban J connectivity index is 1.49. The summed E-state index contributed by atoms with van der Waals surface area (Å²) in [6.45, 7) is 0.872. The molecule has 2 fully saturated rings. The third kappa shape index (κ3) is 5.04. The molecule has 2 aromatic rings. The van der Waals surface area contributed by atoms with E-state index in [9.17, 15) is 20.4 Å². The molecule has 6 atom stereocenters. The molecule has 0 aliphatic carbocycles. The summed E-state index contributed by atoms with van der Waals surface area (Å²) >= 11 is 6.40. The van der Waals surface area contributed by atoms with Gasteiger partial charge in [0.05, 0.1) is 19.8 Å². The fraction of sp³-hybridized carbons (Fsp3) is 0.478. The highest BCUT2D eigenvalue weighted by Crippen LogP contribution is 2.34. The Morgan fingerprint density at radius 3 is 2.45 bits per heavy atom. The molecule has 2 saturated heterocycles. The minimum atomic E-state index is -1.42. The average Bonchev–Trinajstić information content (AvgIpc) is 3.28. The zero-order valence-electron chi connectivity index (χ0n) is 16.9. The van der Waals surface area contributed by atoms with Crippen molar-refractivity contribution in [1.82, 2.24) is 0 Å². The maximum Gasteiger partial charge on any atom is 0.124 e. The zero-order chi connectivity index (χ0) is 22.0. The molecule has 31 heavy (non-hydrogen) atoms. The van der Waals surface area contributed by atoms with Crippen molar-refractivity contribution in [2.75, 3.05) is 19.8 Å². The van der Waals surface area contributed by atoms with Gasteiger partial charge in [0.25, 0.3) is 0 Å². The van der Waals surface area contributed by atoms with E-state index >= 15 is 0 Å². The van der Waals surface area contributed by atoms with Crippen molar-refractivity contribution >= 4 is 11.6 Å². The normalized spacial score (nSPS) is 31.0. The highest BCUT2D eigenvalue weighted by Gasteiger charge is 2.44. The van der Waals surface area contributed by atoms with Gasteiger partial charge in [-0.05, 0) is 41.3 Å². The highest BCUT2D eigenvalue weighted by atomic mass is 35.5. The summed E-state index contributed by atoms with van der Waals surface area (Å²) in [5.74, 6) is 0.792. The van der Waals surface area contributed by atoms with Crippen LogP contribution in [0.5, 0.6) is 5.75 Å². The van der Waals surface area contributed by atoms with Crippen LogP contribution in [-0.4, -0.2) is 70.8 Å². The van der Waals surface area contributed by atoms with E-state index in [1.54, 1.807) is 12.1 Å². The Labute approximate surface area is 185 Å². The summed E-state index contributed by atoms with van der Waals surface area (Å²) in [6.07, 6.45) is -4.46. The molecule has 4 rings (SSSR count). The van der Waals surface area contributed by atoms with E-state index in [-0.39, 0.29) is 6.10 Å². The van der Waals surface area contributed by atoms with Gasteiger partial charge in [-0.1, -0.05) is 35.9 Å². The molecule has 0 bridgehead atoms. The highest BCUT2D eigenvalue weighted by molar-refractivity contribution is 6.31. The first-order valence-corrected chi connectivity index (χ1v) is 10.8. The van der Waals surface area contributed by atoms with Gasteiger partial charge < -0.3 is 34.6 Å². The van der Waals surface area contributed by atoms with Gasteiger partial charge in [0.1, 0.15) is 42.4 Å². The second-order valence-electron chi connectivity index (χ2n) is 8.02. The van der Waals surface area contributed by atoms with E-state index in [1.165, 1.54) is 0 Å². The Morgan fingerprint density at radius 2 is 1.77 bits per heavy atom. The van der Waals surface area contributed by atoms with Crippen LogP contribution in [0.25, 0.3) is 0 Å². The minimum Gasteiger partial charge on any atom is -0.488 e. The van der Waals surface area contributed by atoms with Gasteiger partial charge in [-0.15, -0.1) is 0 Å². The monoisotopic (exact) mass is 450 g/mol. The fourth-order valence-electron chi connectivity index (χ4n) is 3.99. The third-order valence-electron chi connectivity index (χ3n) is 5.80. The van der Waals surface area contributed by atoms with Gasteiger partial charge in [0, 0.05) is 11.4 Å². The minimum absolute atomic E-state index is 0.0931. The van der Waals surface area contributed by atoms with Crippen LogP contribution in [0, 0.1) is 0 Å². The zero-order valence-corrected chi connectivity index (χ0v) is 17.7. The van der Waals surface area contributed by atoms with E-state index in [0.29, 0.717) is 23.6 Å². The first-order valence-electron chi connectivity index (χ1n) is 10.4. The predicted molar refractivity (Wildman–Crippen MR) is 113 cm³/mol. The van der Waals surface area contributed by atoms with E-state index in [1.807, 2.05) is 30.3 Å². The molecule has 0 amide bonds. The summed E-state index contributed by atoms with van der Waals surface area (Å²) in [5, 5.41) is 40.5. The van der Waals surface area contributed by atoms with Gasteiger partial charge in [-0.3, -0.25) is 0 Å². The Hall–Kier alpha value is -1.71.